The molecule has 1 heterocycles. The fourth-order valence-corrected chi connectivity index (χ4v) is 2.50. The molecule has 2 aromatic carbocycles. The molecule has 0 spiro atoms. The van der Waals surface area contributed by atoms with Crippen LogP contribution in [0.3, 0.4) is 0 Å². The molecular weight excluding hydrogens is 248 g/mol. The van der Waals surface area contributed by atoms with Crippen molar-refractivity contribution < 1.29 is 0 Å². The number of H-pyrrole nitrogens is 1. The topological polar surface area (TPSA) is 52.7 Å². The largest absolute Gasteiger partial charge is 0.388 e. The third-order valence-electron chi connectivity index (χ3n) is 3.60. The zero-order valence-electron chi connectivity index (χ0n) is 11.6. The summed E-state index contributed by atoms with van der Waals surface area (Å²) in [5, 5.41) is 6.51. The molecule has 1 aromatic heterocycles. The number of hydrogen-bond donors (Lipinski definition) is 3. The standard InChI is InChI=1S/C16H18N4/c1-17-13-6-3-11(4-7-13)16(18-2)12-5-8-14-15(9-12)20-10-19-14/h3-10,16-18H,1-2H3,(H,19,20). The fourth-order valence-electron chi connectivity index (χ4n) is 2.50. The summed E-state index contributed by atoms with van der Waals surface area (Å²) in [5.74, 6) is 0. The second kappa shape index (κ2) is 5.35. The summed E-state index contributed by atoms with van der Waals surface area (Å²) in [6.45, 7) is 0. The predicted octanol–water partition coefficient (Wildman–Crippen LogP) is 2.91. The Morgan fingerprint density at radius 2 is 1.75 bits per heavy atom. The van der Waals surface area contributed by atoms with E-state index in [0.717, 1.165) is 16.7 Å². The molecule has 3 N–H and O–H groups in total. The van der Waals surface area contributed by atoms with Crippen LogP contribution in [0.4, 0.5) is 5.69 Å². The molecule has 0 aliphatic carbocycles. The Labute approximate surface area is 118 Å². The van der Waals surface area contributed by atoms with Crippen LogP contribution in [0.15, 0.2) is 48.8 Å². The SMILES string of the molecule is CNc1ccc(C(NC)c2ccc3nc[nH]c3c2)cc1. The molecule has 0 aliphatic heterocycles. The van der Waals surface area contributed by atoms with Gasteiger partial charge in [0, 0.05) is 12.7 Å². The summed E-state index contributed by atoms with van der Waals surface area (Å²) in [6.07, 6.45) is 1.73. The highest BCUT2D eigenvalue weighted by Crippen LogP contribution is 2.25. The first-order valence-corrected chi connectivity index (χ1v) is 6.70. The number of hydrogen-bond acceptors (Lipinski definition) is 3. The van der Waals surface area contributed by atoms with Crippen molar-refractivity contribution in [1.82, 2.24) is 15.3 Å². The molecule has 102 valence electrons. The van der Waals surface area contributed by atoms with Crippen LogP contribution in [-0.4, -0.2) is 24.1 Å². The highest BCUT2D eigenvalue weighted by atomic mass is 14.9. The van der Waals surface area contributed by atoms with Gasteiger partial charge in [-0.05, 0) is 42.4 Å². The predicted molar refractivity (Wildman–Crippen MR) is 83.0 cm³/mol. The Hall–Kier alpha value is -2.33. The highest BCUT2D eigenvalue weighted by Gasteiger charge is 2.12. The quantitative estimate of drug-likeness (QED) is 0.680. The number of anilines is 1. The van der Waals surface area contributed by atoms with Crippen molar-refractivity contribution in [2.24, 2.45) is 0 Å². The fraction of sp³-hybridized carbons (Fsp3) is 0.188. The molecule has 0 saturated heterocycles. The van der Waals surface area contributed by atoms with Crippen LogP contribution in [0, 0.1) is 0 Å². The highest BCUT2D eigenvalue weighted by molar-refractivity contribution is 5.75. The molecule has 1 unspecified atom stereocenters. The molecule has 0 radical (unpaired) electrons. The van der Waals surface area contributed by atoms with Crippen molar-refractivity contribution >= 4 is 16.7 Å². The molecule has 0 bridgehead atoms. The second-order valence-corrected chi connectivity index (χ2v) is 4.77. The number of fused-ring (bicyclic) bond motifs is 1. The molecule has 4 nitrogen and oxygen atoms in total. The lowest BCUT2D eigenvalue weighted by Gasteiger charge is -2.17. The Balaban J connectivity index is 1.98. The van der Waals surface area contributed by atoms with Gasteiger partial charge in [-0.3, -0.25) is 0 Å². The van der Waals surface area contributed by atoms with E-state index in [0.29, 0.717) is 0 Å². The Morgan fingerprint density at radius 1 is 1.00 bits per heavy atom. The minimum Gasteiger partial charge on any atom is -0.388 e. The lowest BCUT2D eigenvalue weighted by Crippen LogP contribution is -2.17. The summed E-state index contributed by atoms with van der Waals surface area (Å²) in [4.78, 5) is 7.42. The molecule has 20 heavy (non-hydrogen) atoms. The number of nitrogens with one attached hydrogen (secondary N) is 3. The van der Waals surface area contributed by atoms with E-state index in [1.165, 1.54) is 11.1 Å². The van der Waals surface area contributed by atoms with E-state index >= 15 is 0 Å². The summed E-state index contributed by atoms with van der Waals surface area (Å²) in [5.41, 5.74) is 5.64. The summed E-state index contributed by atoms with van der Waals surface area (Å²) in [7, 11) is 3.91. The number of aromatic amines is 1. The van der Waals surface area contributed by atoms with Crippen molar-refractivity contribution in [1.29, 1.82) is 0 Å². The lowest BCUT2D eigenvalue weighted by molar-refractivity contribution is 0.693. The smallest absolute Gasteiger partial charge is 0.0931 e. The molecule has 3 aromatic rings. The Bertz CT molecular complexity index is 700. The van der Waals surface area contributed by atoms with Gasteiger partial charge in [0.1, 0.15) is 0 Å². The number of aromatic nitrogens is 2. The van der Waals surface area contributed by atoms with E-state index in [9.17, 15) is 0 Å². The molecule has 0 amide bonds. The monoisotopic (exact) mass is 266 g/mol. The normalized spacial score (nSPS) is 12.5. The van der Waals surface area contributed by atoms with Crippen LogP contribution in [0.2, 0.25) is 0 Å². The van der Waals surface area contributed by atoms with Gasteiger partial charge < -0.3 is 15.6 Å². The third-order valence-corrected chi connectivity index (χ3v) is 3.60. The van der Waals surface area contributed by atoms with Gasteiger partial charge in [0.05, 0.1) is 23.4 Å². The number of imidazole rings is 1. The molecule has 0 aliphatic rings. The van der Waals surface area contributed by atoms with Gasteiger partial charge in [-0.2, -0.15) is 0 Å². The summed E-state index contributed by atoms with van der Waals surface area (Å²) >= 11 is 0. The minimum atomic E-state index is 0.175. The summed E-state index contributed by atoms with van der Waals surface area (Å²) < 4.78 is 0. The molecule has 0 fully saturated rings. The van der Waals surface area contributed by atoms with Gasteiger partial charge in [0.2, 0.25) is 0 Å². The Kier molecular flexibility index (Phi) is 3.39. The maximum Gasteiger partial charge on any atom is 0.0931 e. The van der Waals surface area contributed by atoms with Crippen molar-refractivity contribution in [3.05, 3.63) is 59.9 Å². The zero-order valence-corrected chi connectivity index (χ0v) is 11.6. The van der Waals surface area contributed by atoms with E-state index in [4.69, 9.17) is 0 Å². The van der Waals surface area contributed by atoms with Gasteiger partial charge in [0.15, 0.2) is 0 Å². The van der Waals surface area contributed by atoms with E-state index < -0.39 is 0 Å². The van der Waals surface area contributed by atoms with E-state index in [-0.39, 0.29) is 6.04 Å². The van der Waals surface area contributed by atoms with Crippen LogP contribution < -0.4 is 10.6 Å². The van der Waals surface area contributed by atoms with Gasteiger partial charge in [-0.25, -0.2) is 4.98 Å². The van der Waals surface area contributed by atoms with Gasteiger partial charge in [-0.15, -0.1) is 0 Å². The van der Waals surface area contributed by atoms with Crippen LogP contribution in [0.25, 0.3) is 11.0 Å². The van der Waals surface area contributed by atoms with Crippen molar-refractivity contribution in [3.63, 3.8) is 0 Å². The van der Waals surface area contributed by atoms with Crippen molar-refractivity contribution in [3.8, 4) is 0 Å². The van der Waals surface area contributed by atoms with Crippen LogP contribution >= 0.6 is 0 Å². The minimum absolute atomic E-state index is 0.175. The second-order valence-electron chi connectivity index (χ2n) is 4.77. The molecule has 0 saturated carbocycles. The van der Waals surface area contributed by atoms with Gasteiger partial charge >= 0.3 is 0 Å². The maximum atomic E-state index is 4.26. The van der Waals surface area contributed by atoms with Crippen LogP contribution in [0.5, 0.6) is 0 Å². The molecular formula is C16H18N4. The van der Waals surface area contributed by atoms with Crippen molar-refractivity contribution in [2.75, 3.05) is 19.4 Å². The first kappa shape index (κ1) is 12.7. The van der Waals surface area contributed by atoms with Crippen LogP contribution in [0.1, 0.15) is 17.2 Å². The number of nitrogens with zero attached hydrogens (tertiary/aromatic N) is 1. The van der Waals surface area contributed by atoms with E-state index in [1.807, 2.05) is 20.2 Å². The Morgan fingerprint density at radius 3 is 2.45 bits per heavy atom. The first-order chi connectivity index (χ1) is 9.81. The van der Waals surface area contributed by atoms with E-state index in [1.54, 1.807) is 6.33 Å². The maximum absolute atomic E-state index is 4.26. The summed E-state index contributed by atoms with van der Waals surface area (Å²) in [6, 6.07) is 15.0. The molecule has 3 rings (SSSR count). The molecule has 1 atom stereocenters. The van der Waals surface area contributed by atoms with E-state index in [2.05, 4.69) is 57.0 Å². The zero-order chi connectivity index (χ0) is 13.9. The number of rotatable bonds is 4. The van der Waals surface area contributed by atoms with Crippen LogP contribution in [-0.2, 0) is 0 Å². The third kappa shape index (κ3) is 2.26. The van der Waals surface area contributed by atoms with Crippen molar-refractivity contribution in [2.45, 2.75) is 6.04 Å². The first-order valence-electron chi connectivity index (χ1n) is 6.70. The average Bonchev–Trinajstić information content (AvgIpc) is 2.96. The average molecular weight is 266 g/mol. The lowest BCUT2D eigenvalue weighted by atomic mass is 9.98. The number of benzene rings is 2. The van der Waals surface area contributed by atoms with Gasteiger partial charge in [0.25, 0.3) is 0 Å². The molecule has 4 heteroatoms. The van der Waals surface area contributed by atoms with Gasteiger partial charge in [-0.1, -0.05) is 18.2 Å².